The summed E-state index contributed by atoms with van der Waals surface area (Å²) in [5.74, 6) is 0.257. The first-order valence-corrected chi connectivity index (χ1v) is 15.5. The first-order valence-electron chi connectivity index (χ1n) is 15.5. The Balaban J connectivity index is 1.27. The second-order valence-corrected chi connectivity index (χ2v) is 13.5. The lowest BCUT2D eigenvalue weighted by Gasteiger charge is -2.44. The fourth-order valence-electron chi connectivity index (χ4n) is 8.09. The molecule has 0 radical (unpaired) electrons. The molecule has 0 saturated carbocycles. The molecule has 42 heavy (non-hydrogen) atoms. The highest BCUT2D eigenvalue weighted by Crippen LogP contribution is 2.50. The van der Waals surface area contributed by atoms with Gasteiger partial charge in [-0.25, -0.2) is 0 Å². The van der Waals surface area contributed by atoms with Crippen LogP contribution in [0.25, 0.3) is 22.4 Å². The second kappa shape index (κ2) is 9.58. The predicted octanol–water partition coefficient (Wildman–Crippen LogP) is 8.11. The van der Waals surface area contributed by atoms with Crippen LogP contribution in [0.3, 0.4) is 0 Å². The van der Waals surface area contributed by atoms with Crippen LogP contribution in [0.5, 0.6) is 5.75 Å². The van der Waals surface area contributed by atoms with Crippen molar-refractivity contribution >= 4 is 45.5 Å². The van der Waals surface area contributed by atoms with Crippen molar-refractivity contribution in [1.29, 1.82) is 0 Å². The Labute approximate surface area is 248 Å². The Morgan fingerprint density at radius 2 is 1.88 bits per heavy atom. The molecule has 1 unspecified atom stereocenters. The molecule has 0 fully saturated rings. The van der Waals surface area contributed by atoms with Gasteiger partial charge in [-0.05, 0) is 82.0 Å². The minimum atomic E-state index is -0.712. The monoisotopic (exact) mass is 561 g/mol. The van der Waals surface area contributed by atoms with Gasteiger partial charge in [0.2, 0.25) is 5.69 Å². The van der Waals surface area contributed by atoms with E-state index in [2.05, 4.69) is 105 Å². The van der Waals surface area contributed by atoms with Gasteiger partial charge in [-0.1, -0.05) is 36.8 Å². The molecule has 3 aromatic rings. The van der Waals surface area contributed by atoms with Gasteiger partial charge in [0.1, 0.15) is 11.9 Å². The molecule has 0 bridgehead atoms. The van der Waals surface area contributed by atoms with Crippen molar-refractivity contribution in [3.05, 3.63) is 76.9 Å². The smallest absolute Gasteiger partial charge is 0.303 e. The molecule has 0 amide bonds. The van der Waals surface area contributed by atoms with E-state index in [0.29, 0.717) is 0 Å². The van der Waals surface area contributed by atoms with Gasteiger partial charge in [-0.15, -0.1) is 0 Å². The van der Waals surface area contributed by atoms with Crippen molar-refractivity contribution < 1.29 is 19.2 Å². The lowest BCUT2D eigenvalue weighted by Crippen LogP contribution is -2.46. The Kier molecular flexibility index (Phi) is 6.16. The number of ether oxygens (including phenoxy) is 1. The normalized spacial score (nSPS) is 21.0. The van der Waals surface area contributed by atoms with Crippen LogP contribution in [0.4, 0.5) is 11.4 Å². The van der Waals surface area contributed by atoms with E-state index in [9.17, 15) is 4.79 Å². The van der Waals surface area contributed by atoms with E-state index in [0.717, 1.165) is 50.1 Å². The standard InChI is InChI=1S/C37H40N2O3/c1-23-22-36(2,3)39(17-10-6-7-13-33(40)41)30-21-32-25(19-27(23)30)20-28-31(42-32)16-18-38-29-15-14-24-11-8-9-12-26(24)34(29)37(4,5)35(28)38/h8-9,11-12,14-15,19-22,31H,6-7,10,13,16-18H2,1-5H3/p+1. The van der Waals surface area contributed by atoms with Crippen molar-refractivity contribution in [2.45, 2.75) is 83.8 Å². The third-order valence-corrected chi connectivity index (χ3v) is 9.88. The number of aliphatic carboxylic acids is 1. The number of carbonyl (C=O) groups is 1. The number of allylic oxidation sites excluding steroid dienone is 1. The van der Waals surface area contributed by atoms with Gasteiger partial charge in [0.25, 0.3) is 0 Å². The molecule has 1 N–H and O–H groups in total. The first kappa shape index (κ1) is 27.0. The van der Waals surface area contributed by atoms with Gasteiger partial charge < -0.3 is 14.7 Å². The highest BCUT2D eigenvalue weighted by atomic mass is 16.5. The summed E-state index contributed by atoms with van der Waals surface area (Å²) < 4.78 is 9.44. The van der Waals surface area contributed by atoms with Crippen LogP contribution in [0, 0.1) is 0 Å². The summed E-state index contributed by atoms with van der Waals surface area (Å²) in [5, 5.41) is 11.7. The maximum Gasteiger partial charge on any atom is 0.303 e. The Bertz CT molecular complexity index is 1740. The van der Waals surface area contributed by atoms with Crippen LogP contribution in [-0.4, -0.2) is 46.1 Å². The maximum atomic E-state index is 11.0. The van der Waals surface area contributed by atoms with Crippen LogP contribution < -0.4 is 9.64 Å². The molecule has 1 atom stereocenters. The predicted molar refractivity (Wildman–Crippen MR) is 171 cm³/mol. The fraction of sp³-hybridized carbons (Fsp3) is 0.405. The molecule has 0 aliphatic carbocycles. The Morgan fingerprint density at radius 3 is 2.69 bits per heavy atom. The average Bonchev–Trinajstić information content (AvgIpc) is 3.19. The summed E-state index contributed by atoms with van der Waals surface area (Å²) in [6.45, 7) is 13.3. The molecular formula is C37H41N2O3+. The van der Waals surface area contributed by atoms with Crippen LogP contribution in [0.1, 0.15) is 83.4 Å². The molecule has 0 aromatic heterocycles. The minimum absolute atomic E-state index is 0.0411. The molecule has 0 spiro atoms. The van der Waals surface area contributed by atoms with Crippen molar-refractivity contribution in [3.8, 4) is 5.75 Å². The van der Waals surface area contributed by atoms with E-state index in [-0.39, 0.29) is 23.5 Å². The van der Waals surface area contributed by atoms with Crippen LogP contribution in [-0.2, 0) is 10.2 Å². The molecule has 7 rings (SSSR count). The SMILES string of the molecule is CC1=CC(C)(C)N(CCCCCC(=O)O)c2cc3c(cc21)C=C1C2=[N+](CCC1O3)c1ccc3ccccc3c1C2(C)C. The van der Waals surface area contributed by atoms with Crippen molar-refractivity contribution in [2.24, 2.45) is 0 Å². The number of hydrogen-bond acceptors (Lipinski definition) is 3. The summed E-state index contributed by atoms with van der Waals surface area (Å²) in [4.78, 5) is 13.5. The van der Waals surface area contributed by atoms with Crippen LogP contribution in [0.15, 0.2) is 60.2 Å². The largest absolute Gasteiger partial charge is 0.485 e. The van der Waals surface area contributed by atoms with Crippen LogP contribution in [0.2, 0.25) is 0 Å². The Morgan fingerprint density at radius 1 is 1.07 bits per heavy atom. The van der Waals surface area contributed by atoms with Crippen LogP contribution >= 0.6 is 0 Å². The quantitative estimate of drug-likeness (QED) is 0.244. The summed E-state index contributed by atoms with van der Waals surface area (Å²) in [6, 6.07) is 17.9. The highest BCUT2D eigenvalue weighted by Gasteiger charge is 2.53. The number of fused-ring (bicyclic) bond motifs is 8. The summed E-state index contributed by atoms with van der Waals surface area (Å²) in [6.07, 6.45) is 8.61. The highest BCUT2D eigenvalue weighted by molar-refractivity contribution is 6.14. The van der Waals surface area contributed by atoms with Crippen molar-refractivity contribution in [1.82, 2.24) is 0 Å². The Hall–Kier alpha value is -3.86. The summed E-state index contributed by atoms with van der Waals surface area (Å²) >= 11 is 0. The first-order chi connectivity index (χ1) is 20.1. The van der Waals surface area contributed by atoms with Crippen molar-refractivity contribution in [2.75, 3.05) is 18.0 Å². The lowest BCUT2D eigenvalue weighted by molar-refractivity contribution is -0.444. The number of rotatable bonds is 6. The number of benzene rings is 3. The molecule has 5 nitrogen and oxygen atoms in total. The molecule has 4 aliphatic heterocycles. The zero-order valence-electron chi connectivity index (χ0n) is 25.5. The number of hydrogen-bond donors (Lipinski definition) is 1. The zero-order valence-corrected chi connectivity index (χ0v) is 25.5. The van der Waals surface area contributed by atoms with Gasteiger partial charge in [0.05, 0.1) is 16.5 Å². The van der Waals surface area contributed by atoms with Gasteiger partial charge in [0, 0.05) is 53.9 Å². The molecule has 4 aliphatic rings. The second-order valence-electron chi connectivity index (χ2n) is 13.5. The van der Waals surface area contributed by atoms with E-state index in [1.54, 1.807) is 0 Å². The molecule has 4 heterocycles. The molecular weight excluding hydrogens is 520 g/mol. The van der Waals surface area contributed by atoms with E-state index >= 15 is 0 Å². The summed E-state index contributed by atoms with van der Waals surface area (Å²) in [5.41, 5.74) is 10.1. The van der Waals surface area contributed by atoms with E-state index in [4.69, 9.17) is 9.84 Å². The van der Waals surface area contributed by atoms with E-state index < -0.39 is 5.97 Å². The number of unbranched alkanes of at least 4 members (excludes halogenated alkanes) is 2. The topological polar surface area (TPSA) is 52.8 Å². The molecule has 5 heteroatoms. The van der Waals surface area contributed by atoms with E-state index in [1.807, 2.05) is 0 Å². The van der Waals surface area contributed by atoms with E-state index in [1.165, 1.54) is 50.1 Å². The van der Waals surface area contributed by atoms with Gasteiger partial charge in [-0.3, -0.25) is 4.79 Å². The molecule has 216 valence electrons. The number of nitrogens with zero attached hydrogens (tertiary/aromatic N) is 2. The minimum Gasteiger partial charge on any atom is -0.485 e. The van der Waals surface area contributed by atoms with Gasteiger partial charge >= 0.3 is 5.97 Å². The molecule has 0 saturated heterocycles. The van der Waals surface area contributed by atoms with Gasteiger partial charge in [0.15, 0.2) is 12.3 Å². The lowest BCUT2D eigenvalue weighted by atomic mass is 9.74. The number of carboxylic acid groups (broad SMARTS) is 1. The number of anilines is 1. The summed E-state index contributed by atoms with van der Waals surface area (Å²) in [7, 11) is 0. The third kappa shape index (κ3) is 4.11. The fourth-order valence-corrected chi connectivity index (χ4v) is 8.09. The van der Waals surface area contributed by atoms with Gasteiger partial charge in [-0.2, -0.15) is 4.58 Å². The zero-order chi connectivity index (χ0) is 29.4. The molecule has 3 aromatic carbocycles. The van der Waals surface area contributed by atoms with Crippen molar-refractivity contribution in [3.63, 3.8) is 0 Å². The third-order valence-electron chi connectivity index (χ3n) is 9.88. The maximum absolute atomic E-state index is 11.0. The number of carboxylic acids is 1. The average molecular weight is 562 g/mol.